The van der Waals surface area contributed by atoms with Gasteiger partial charge in [-0.1, -0.05) is 13.8 Å². The molecule has 3 amide bonds. The van der Waals surface area contributed by atoms with Gasteiger partial charge in [-0.05, 0) is 6.42 Å². The van der Waals surface area contributed by atoms with Crippen LogP contribution in [0.2, 0.25) is 0 Å². The third-order valence-corrected chi connectivity index (χ3v) is 3.74. The largest absolute Gasteiger partial charge is 0.369 e. The van der Waals surface area contributed by atoms with Crippen molar-refractivity contribution in [2.75, 3.05) is 13.7 Å². The Labute approximate surface area is 122 Å². The number of primary amides is 2. The molecule has 0 radical (unpaired) electrons. The fourth-order valence-corrected chi connectivity index (χ4v) is 2.05. The molecular weight excluding hydrogens is 278 g/mol. The molecule has 1 rings (SSSR count). The molecule has 1 aliphatic heterocycles. The zero-order valence-corrected chi connectivity index (χ0v) is 12.4. The second-order valence-electron chi connectivity index (χ2n) is 5.80. The van der Waals surface area contributed by atoms with Crippen molar-refractivity contribution in [3.05, 3.63) is 0 Å². The molecule has 8 heteroatoms. The van der Waals surface area contributed by atoms with Crippen LogP contribution in [0.1, 0.15) is 26.7 Å². The van der Waals surface area contributed by atoms with E-state index in [1.165, 1.54) is 7.05 Å². The van der Waals surface area contributed by atoms with Crippen LogP contribution in [-0.2, 0) is 23.9 Å². The van der Waals surface area contributed by atoms with Gasteiger partial charge in [-0.15, -0.1) is 0 Å². The van der Waals surface area contributed by atoms with Crippen LogP contribution in [0.25, 0.3) is 0 Å². The number of rotatable bonds is 6. The fraction of sp³-hybridized carbons (Fsp3) is 0.692. The van der Waals surface area contributed by atoms with Crippen molar-refractivity contribution in [2.45, 2.75) is 38.8 Å². The van der Waals surface area contributed by atoms with Gasteiger partial charge in [0.05, 0.1) is 0 Å². The zero-order chi connectivity index (χ0) is 16.4. The SMILES string of the molecule is CN(C(=O)CCC(C)(C)C(N)=O)C1C(=O)CO[C@@H]1C(N)=O. The third-order valence-electron chi connectivity index (χ3n) is 3.74. The van der Waals surface area contributed by atoms with Crippen molar-refractivity contribution in [2.24, 2.45) is 16.9 Å². The predicted octanol–water partition coefficient (Wildman–Crippen LogP) is -1.44. The highest BCUT2D eigenvalue weighted by Gasteiger charge is 2.43. The summed E-state index contributed by atoms with van der Waals surface area (Å²) in [6.45, 7) is 3.03. The lowest BCUT2D eigenvalue weighted by atomic mass is 9.87. The standard InChI is InChI=1S/C13H21N3O5/c1-13(2,12(15)20)5-4-8(18)16(3)9-7(17)6-21-10(9)11(14)19/h9-10H,4-6H2,1-3H3,(H2,14,19)(H2,15,20)/t9?,10-/m0/s1. The number of nitrogens with two attached hydrogens (primary N) is 2. The Morgan fingerprint density at radius 1 is 1.33 bits per heavy atom. The summed E-state index contributed by atoms with van der Waals surface area (Å²) in [5, 5.41) is 0. The Hall–Kier alpha value is -1.96. The number of ether oxygens (including phenoxy) is 1. The second kappa shape index (κ2) is 6.21. The van der Waals surface area contributed by atoms with E-state index < -0.39 is 29.4 Å². The average molecular weight is 299 g/mol. The molecule has 2 atom stereocenters. The van der Waals surface area contributed by atoms with Gasteiger partial charge in [0.2, 0.25) is 17.7 Å². The first-order chi connectivity index (χ1) is 9.58. The van der Waals surface area contributed by atoms with E-state index in [1.54, 1.807) is 13.8 Å². The molecule has 21 heavy (non-hydrogen) atoms. The van der Waals surface area contributed by atoms with Crippen molar-refractivity contribution in [3.63, 3.8) is 0 Å². The van der Waals surface area contributed by atoms with Gasteiger partial charge in [-0.3, -0.25) is 19.2 Å². The topological polar surface area (TPSA) is 133 Å². The van der Waals surface area contributed by atoms with Crippen molar-refractivity contribution < 1.29 is 23.9 Å². The minimum atomic E-state index is -1.13. The average Bonchev–Trinajstić information content (AvgIpc) is 2.77. The minimum absolute atomic E-state index is 0.0295. The summed E-state index contributed by atoms with van der Waals surface area (Å²) in [4.78, 5) is 47.5. The molecule has 1 saturated heterocycles. The van der Waals surface area contributed by atoms with E-state index in [0.717, 1.165) is 4.90 Å². The summed E-state index contributed by atoms with van der Waals surface area (Å²) < 4.78 is 5.00. The number of Topliss-reactive ketones (excluding diaryl/α,β-unsaturated/α-hetero) is 1. The number of carbonyl (C=O) groups is 4. The molecule has 0 aliphatic carbocycles. The molecule has 0 aromatic carbocycles. The van der Waals surface area contributed by atoms with E-state index in [0.29, 0.717) is 0 Å². The highest BCUT2D eigenvalue weighted by molar-refractivity contribution is 5.98. The molecule has 0 aromatic rings. The molecule has 4 N–H and O–H groups in total. The normalized spacial score (nSPS) is 22.1. The quantitative estimate of drug-likeness (QED) is 0.619. The minimum Gasteiger partial charge on any atom is -0.369 e. The Kier molecular flexibility index (Phi) is 5.06. The van der Waals surface area contributed by atoms with Gasteiger partial charge in [-0.25, -0.2) is 0 Å². The lowest BCUT2D eigenvalue weighted by molar-refractivity contribution is -0.140. The molecule has 8 nitrogen and oxygen atoms in total. The van der Waals surface area contributed by atoms with Crippen LogP contribution in [0.4, 0.5) is 0 Å². The maximum atomic E-state index is 12.1. The van der Waals surface area contributed by atoms with Crippen LogP contribution in [-0.4, -0.2) is 54.2 Å². The van der Waals surface area contributed by atoms with Crippen LogP contribution in [0, 0.1) is 5.41 Å². The lowest BCUT2D eigenvalue weighted by Gasteiger charge is -2.27. The number of likely N-dealkylation sites (N-methyl/N-ethyl adjacent to an activating group) is 1. The van der Waals surface area contributed by atoms with E-state index in [2.05, 4.69) is 0 Å². The molecule has 0 saturated carbocycles. The smallest absolute Gasteiger partial charge is 0.249 e. The van der Waals surface area contributed by atoms with Crippen molar-refractivity contribution >= 4 is 23.5 Å². The first-order valence-corrected chi connectivity index (χ1v) is 6.57. The molecule has 118 valence electrons. The van der Waals surface area contributed by atoms with Gasteiger partial charge in [-0.2, -0.15) is 0 Å². The Balaban J connectivity index is 2.71. The molecule has 1 heterocycles. The Morgan fingerprint density at radius 2 is 1.90 bits per heavy atom. The number of carbonyl (C=O) groups excluding carboxylic acids is 4. The number of nitrogens with zero attached hydrogens (tertiary/aromatic N) is 1. The van der Waals surface area contributed by atoms with Gasteiger partial charge in [0.15, 0.2) is 11.9 Å². The van der Waals surface area contributed by atoms with E-state index in [1.807, 2.05) is 0 Å². The number of ketones is 1. The van der Waals surface area contributed by atoms with Crippen molar-refractivity contribution in [1.82, 2.24) is 4.90 Å². The molecule has 0 bridgehead atoms. The number of hydrogen-bond donors (Lipinski definition) is 2. The number of hydrogen-bond acceptors (Lipinski definition) is 5. The van der Waals surface area contributed by atoms with Crippen molar-refractivity contribution in [3.8, 4) is 0 Å². The van der Waals surface area contributed by atoms with Gasteiger partial charge in [0.1, 0.15) is 12.6 Å². The monoisotopic (exact) mass is 299 g/mol. The van der Waals surface area contributed by atoms with E-state index in [-0.39, 0.29) is 31.1 Å². The van der Waals surface area contributed by atoms with Crippen LogP contribution in [0.3, 0.4) is 0 Å². The van der Waals surface area contributed by atoms with Gasteiger partial charge in [0.25, 0.3) is 0 Å². The molecule has 0 aromatic heterocycles. The maximum Gasteiger partial charge on any atom is 0.249 e. The summed E-state index contributed by atoms with van der Waals surface area (Å²) in [6, 6.07) is -1.01. The first-order valence-electron chi connectivity index (χ1n) is 6.57. The van der Waals surface area contributed by atoms with E-state index in [9.17, 15) is 19.2 Å². The highest BCUT2D eigenvalue weighted by atomic mass is 16.5. The highest BCUT2D eigenvalue weighted by Crippen LogP contribution is 2.23. The van der Waals surface area contributed by atoms with E-state index >= 15 is 0 Å². The van der Waals surface area contributed by atoms with Gasteiger partial charge >= 0.3 is 0 Å². The lowest BCUT2D eigenvalue weighted by Crippen LogP contribution is -2.50. The molecule has 1 fully saturated rings. The van der Waals surface area contributed by atoms with Crippen LogP contribution in [0.5, 0.6) is 0 Å². The molecular formula is C13H21N3O5. The Morgan fingerprint density at radius 3 is 2.38 bits per heavy atom. The van der Waals surface area contributed by atoms with Gasteiger partial charge in [0, 0.05) is 18.9 Å². The predicted molar refractivity (Wildman–Crippen MR) is 72.7 cm³/mol. The summed E-state index contributed by atoms with van der Waals surface area (Å²) in [7, 11) is 1.41. The molecule has 1 unspecified atom stereocenters. The molecule has 0 spiro atoms. The van der Waals surface area contributed by atoms with Crippen LogP contribution in [0.15, 0.2) is 0 Å². The molecule has 1 aliphatic rings. The fourth-order valence-electron chi connectivity index (χ4n) is 2.05. The Bertz CT molecular complexity index is 474. The zero-order valence-electron chi connectivity index (χ0n) is 12.4. The van der Waals surface area contributed by atoms with Crippen LogP contribution >= 0.6 is 0 Å². The summed E-state index contributed by atoms with van der Waals surface area (Å²) in [6.07, 6.45) is -0.855. The summed E-state index contributed by atoms with van der Waals surface area (Å²) in [5.74, 6) is -2.04. The van der Waals surface area contributed by atoms with E-state index in [4.69, 9.17) is 16.2 Å². The first kappa shape index (κ1) is 17.1. The van der Waals surface area contributed by atoms with Gasteiger partial charge < -0.3 is 21.1 Å². The number of amides is 3. The van der Waals surface area contributed by atoms with Crippen LogP contribution < -0.4 is 11.5 Å². The summed E-state index contributed by atoms with van der Waals surface area (Å²) >= 11 is 0. The summed E-state index contributed by atoms with van der Waals surface area (Å²) in [5.41, 5.74) is 9.57. The second-order valence-corrected chi connectivity index (χ2v) is 5.80. The van der Waals surface area contributed by atoms with Crippen molar-refractivity contribution in [1.29, 1.82) is 0 Å². The maximum absolute atomic E-state index is 12.1. The third kappa shape index (κ3) is 3.78.